The molecule has 1 atom stereocenters. The van der Waals surface area contributed by atoms with Crippen LogP contribution in [0.1, 0.15) is 17.0 Å². The molecule has 0 saturated heterocycles. The highest BCUT2D eigenvalue weighted by molar-refractivity contribution is 6.32. The summed E-state index contributed by atoms with van der Waals surface area (Å²) in [5.74, 6) is -1.63. The van der Waals surface area contributed by atoms with Gasteiger partial charge >= 0.3 is 5.97 Å². The summed E-state index contributed by atoms with van der Waals surface area (Å²) < 4.78 is 0. The van der Waals surface area contributed by atoms with Crippen LogP contribution in [0.25, 0.3) is 17.2 Å². The lowest BCUT2D eigenvalue weighted by molar-refractivity contribution is -0.137. The summed E-state index contributed by atoms with van der Waals surface area (Å²) in [7, 11) is 0. The second-order valence-corrected chi connectivity index (χ2v) is 6.10. The minimum absolute atomic E-state index is 0.598. The third-order valence-electron chi connectivity index (χ3n) is 3.99. The molecule has 2 nitrogen and oxygen atoms in total. The summed E-state index contributed by atoms with van der Waals surface area (Å²) in [6.45, 7) is 0. The number of rotatable bonds is 5. The maximum atomic E-state index is 11.8. The van der Waals surface area contributed by atoms with Crippen molar-refractivity contribution in [3.63, 3.8) is 0 Å². The topological polar surface area (TPSA) is 37.3 Å². The highest BCUT2D eigenvalue weighted by Gasteiger charge is 2.17. The second-order valence-electron chi connectivity index (χ2n) is 5.69. The van der Waals surface area contributed by atoms with Gasteiger partial charge in [-0.15, -0.1) is 0 Å². The number of carboxylic acids is 1. The summed E-state index contributed by atoms with van der Waals surface area (Å²) in [5.41, 5.74) is 3.59. The first-order valence-electron chi connectivity index (χ1n) is 7.96. The molecule has 1 N–H and O–H groups in total. The molecule has 3 aromatic carbocycles. The zero-order chi connectivity index (χ0) is 17.6. The van der Waals surface area contributed by atoms with Crippen LogP contribution in [0.5, 0.6) is 0 Å². The molecular formula is C22H17ClO2. The molecule has 0 bridgehead atoms. The monoisotopic (exact) mass is 348 g/mol. The largest absolute Gasteiger partial charge is 0.481 e. The predicted octanol–water partition coefficient (Wildman–Crippen LogP) is 5.89. The summed E-state index contributed by atoms with van der Waals surface area (Å²) in [6, 6.07) is 24.9. The van der Waals surface area contributed by atoms with Crippen LogP contribution in [-0.2, 0) is 4.79 Å². The fourth-order valence-corrected chi connectivity index (χ4v) is 2.89. The van der Waals surface area contributed by atoms with Crippen LogP contribution in [0.4, 0.5) is 0 Å². The van der Waals surface area contributed by atoms with E-state index in [1.165, 1.54) is 0 Å². The minimum Gasteiger partial charge on any atom is -0.481 e. The molecule has 0 aromatic heterocycles. The van der Waals surface area contributed by atoms with Gasteiger partial charge in [0.25, 0.3) is 0 Å². The molecule has 3 aromatic rings. The Kier molecular flexibility index (Phi) is 5.32. The van der Waals surface area contributed by atoms with E-state index in [-0.39, 0.29) is 0 Å². The number of benzene rings is 3. The van der Waals surface area contributed by atoms with E-state index in [1.54, 1.807) is 18.2 Å². The van der Waals surface area contributed by atoms with Gasteiger partial charge in [-0.25, -0.2) is 0 Å². The van der Waals surface area contributed by atoms with Crippen molar-refractivity contribution in [3.05, 3.63) is 101 Å². The molecule has 0 spiro atoms. The molecule has 3 heteroatoms. The second kappa shape index (κ2) is 7.82. The van der Waals surface area contributed by atoms with E-state index < -0.39 is 11.9 Å². The lowest BCUT2D eigenvalue weighted by atomic mass is 9.94. The summed E-state index contributed by atoms with van der Waals surface area (Å²) in [5, 5.41) is 10.2. The molecule has 0 amide bonds. The molecule has 124 valence electrons. The van der Waals surface area contributed by atoms with Crippen LogP contribution in [0.2, 0.25) is 5.02 Å². The maximum Gasteiger partial charge on any atom is 0.314 e. The van der Waals surface area contributed by atoms with Crippen molar-refractivity contribution in [3.8, 4) is 11.1 Å². The smallest absolute Gasteiger partial charge is 0.314 e. The Balaban J connectivity index is 1.94. The van der Waals surface area contributed by atoms with Crippen molar-refractivity contribution in [2.45, 2.75) is 5.92 Å². The van der Waals surface area contributed by atoms with Crippen molar-refractivity contribution < 1.29 is 9.90 Å². The third-order valence-corrected chi connectivity index (χ3v) is 4.34. The number of carboxylic acid groups (broad SMARTS) is 1. The fourth-order valence-electron chi connectivity index (χ4n) is 2.69. The zero-order valence-corrected chi connectivity index (χ0v) is 14.2. The van der Waals surface area contributed by atoms with Gasteiger partial charge in [-0.1, -0.05) is 90.5 Å². The van der Waals surface area contributed by atoms with E-state index in [4.69, 9.17) is 11.6 Å². The molecule has 0 aliphatic rings. The van der Waals surface area contributed by atoms with Gasteiger partial charge < -0.3 is 5.11 Å². The van der Waals surface area contributed by atoms with E-state index >= 15 is 0 Å². The third kappa shape index (κ3) is 4.17. The fraction of sp³-hybridized carbons (Fsp3) is 0.0455. The van der Waals surface area contributed by atoms with E-state index in [0.717, 1.165) is 22.3 Å². The van der Waals surface area contributed by atoms with Gasteiger partial charge in [-0.05, 0) is 34.4 Å². The molecule has 0 aliphatic carbocycles. The highest BCUT2D eigenvalue weighted by atomic mass is 35.5. The Bertz CT molecular complexity index is 901. The summed E-state index contributed by atoms with van der Waals surface area (Å²) in [4.78, 5) is 11.8. The van der Waals surface area contributed by atoms with Gasteiger partial charge in [-0.3, -0.25) is 4.79 Å². The summed E-state index contributed by atoms with van der Waals surface area (Å²) in [6.07, 6.45) is 3.43. The van der Waals surface area contributed by atoms with Gasteiger partial charge in [0, 0.05) is 5.02 Å². The molecular weight excluding hydrogens is 332 g/mol. The van der Waals surface area contributed by atoms with Crippen LogP contribution < -0.4 is 0 Å². The van der Waals surface area contributed by atoms with Crippen molar-refractivity contribution in [2.24, 2.45) is 0 Å². The van der Waals surface area contributed by atoms with Gasteiger partial charge in [0.15, 0.2) is 0 Å². The predicted molar refractivity (Wildman–Crippen MR) is 103 cm³/mol. The number of hydrogen-bond donors (Lipinski definition) is 1. The Morgan fingerprint density at radius 1 is 0.880 bits per heavy atom. The van der Waals surface area contributed by atoms with Gasteiger partial charge in [0.1, 0.15) is 5.92 Å². The number of halogens is 1. The van der Waals surface area contributed by atoms with Crippen molar-refractivity contribution in [1.29, 1.82) is 0 Å². The maximum absolute atomic E-state index is 11.8. The zero-order valence-electron chi connectivity index (χ0n) is 13.5. The molecule has 0 fully saturated rings. The Labute approximate surface area is 152 Å². The Morgan fingerprint density at radius 2 is 1.56 bits per heavy atom. The molecule has 0 aliphatic heterocycles. The molecule has 0 heterocycles. The number of hydrogen-bond acceptors (Lipinski definition) is 1. The van der Waals surface area contributed by atoms with Crippen LogP contribution in [0, 0.1) is 0 Å². The average molecular weight is 349 g/mol. The van der Waals surface area contributed by atoms with Crippen LogP contribution in [0.15, 0.2) is 84.9 Å². The van der Waals surface area contributed by atoms with Crippen molar-refractivity contribution >= 4 is 23.6 Å². The Morgan fingerprint density at radius 3 is 2.28 bits per heavy atom. The minimum atomic E-state index is -0.895. The highest BCUT2D eigenvalue weighted by Crippen LogP contribution is 2.26. The number of aliphatic carboxylic acids is 1. The molecule has 0 saturated carbocycles. The van der Waals surface area contributed by atoms with E-state index in [2.05, 4.69) is 0 Å². The summed E-state index contributed by atoms with van der Waals surface area (Å²) >= 11 is 6.14. The van der Waals surface area contributed by atoms with Crippen molar-refractivity contribution in [2.75, 3.05) is 0 Å². The van der Waals surface area contributed by atoms with Gasteiger partial charge in [0.2, 0.25) is 0 Å². The quantitative estimate of drug-likeness (QED) is 0.624. The van der Waals surface area contributed by atoms with Crippen molar-refractivity contribution in [1.82, 2.24) is 0 Å². The normalized spacial score (nSPS) is 12.2. The molecule has 3 rings (SSSR count). The first-order chi connectivity index (χ1) is 12.1. The van der Waals surface area contributed by atoms with Crippen LogP contribution in [-0.4, -0.2) is 11.1 Å². The van der Waals surface area contributed by atoms with E-state index in [9.17, 15) is 9.90 Å². The molecule has 0 radical (unpaired) electrons. The Hall–Kier alpha value is -2.84. The van der Waals surface area contributed by atoms with Gasteiger partial charge in [0.05, 0.1) is 0 Å². The number of carbonyl (C=O) groups is 1. The lowest BCUT2D eigenvalue weighted by Crippen LogP contribution is -2.09. The standard InChI is InChI=1S/C22H17ClO2/c23-21-12-5-4-9-17(21)13-14-20(22(24)25)19-11-6-10-18(15-19)16-7-2-1-3-8-16/h1-15,20H,(H,24,25). The van der Waals surface area contributed by atoms with Crippen LogP contribution in [0.3, 0.4) is 0 Å². The van der Waals surface area contributed by atoms with Gasteiger partial charge in [-0.2, -0.15) is 0 Å². The lowest BCUT2D eigenvalue weighted by Gasteiger charge is -2.11. The average Bonchev–Trinajstić information content (AvgIpc) is 2.64. The molecule has 1 unspecified atom stereocenters. The SMILES string of the molecule is O=C(O)C(C=Cc1ccccc1Cl)c1cccc(-c2ccccc2)c1. The van der Waals surface area contributed by atoms with E-state index in [0.29, 0.717) is 5.02 Å². The first kappa shape index (κ1) is 17.0. The molecule has 25 heavy (non-hydrogen) atoms. The van der Waals surface area contributed by atoms with E-state index in [1.807, 2.05) is 72.8 Å². The first-order valence-corrected chi connectivity index (χ1v) is 8.34. The van der Waals surface area contributed by atoms with Crippen LogP contribution >= 0.6 is 11.6 Å².